The first-order chi connectivity index (χ1) is 8.63. The van der Waals surface area contributed by atoms with Crippen molar-refractivity contribution in [2.45, 2.75) is 52.0 Å². The summed E-state index contributed by atoms with van der Waals surface area (Å²) in [5.74, 6) is 1.88. The van der Waals surface area contributed by atoms with Crippen molar-refractivity contribution >= 4 is 30.6 Å². The molecule has 0 spiro atoms. The number of nitrogens with one attached hydrogen (secondary N) is 2. The Bertz CT molecular complexity index is 406. The highest BCUT2D eigenvalue weighted by Crippen LogP contribution is 2.25. The number of nitrogens with zero attached hydrogens (tertiary/aromatic N) is 2. The van der Waals surface area contributed by atoms with Crippen LogP contribution in [0, 0.1) is 6.92 Å². The van der Waals surface area contributed by atoms with Crippen LogP contribution < -0.4 is 10.6 Å². The predicted octanol–water partition coefficient (Wildman–Crippen LogP) is 3.14. The van der Waals surface area contributed by atoms with Gasteiger partial charge in [0, 0.05) is 17.3 Å². The largest absolute Gasteiger partial charge is 0.364 e. The van der Waals surface area contributed by atoms with Crippen LogP contribution in [0.4, 0.5) is 5.82 Å². The lowest BCUT2D eigenvalue weighted by atomic mass is 9.90. The summed E-state index contributed by atoms with van der Waals surface area (Å²) in [7, 11) is 0. The molecule has 20 heavy (non-hydrogen) atoms. The molecule has 0 atom stereocenters. The smallest absolute Gasteiger partial charge is 0.133 e. The number of hydrogen-bond acceptors (Lipinski definition) is 4. The van der Waals surface area contributed by atoms with E-state index >= 15 is 0 Å². The molecule has 1 aromatic heterocycles. The van der Waals surface area contributed by atoms with E-state index in [1.54, 1.807) is 0 Å². The molecular formula is C14H26Cl2N4. The second kappa shape index (κ2) is 8.65. The highest BCUT2D eigenvalue weighted by atomic mass is 35.5. The lowest BCUT2D eigenvalue weighted by Gasteiger charge is -2.36. The molecule has 6 heteroatoms. The van der Waals surface area contributed by atoms with E-state index in [0.717, 1.165) is 50.4 Å². The number of rotatable bonds is 4. The Hall–Kier alpha value is -0.580. The standard InChI is InChI=1S/C14H24N4.2ClH/c1-4-5-12-10-16-11(2)17-13(12)18-14(3)6-8-15-9-7-14;;/h10,15H,4-9H2,1-3H3,(H,16,17,18);2*1H. The van der Waals surface area contributed by atoms with Crippen molar-refractivity contribution in [2.75, 3.05) is 18.4 Å². The first-order valence-electron chi connectivity index (χ1n) is 6.94. The van der Waals surface area contributed by atoms with Gasteiger partial charge in [-0.15, -0.1) is 24.8 Å². The fraction of sp³-hybridized carbons (Fsp3) is 0.714. The van der Waals surface area contributed by atoms with Gasteiger partial charge in [-0.2, -0.15) is 0 Å². The summed E-state index contributed by atoms with van der Waals surface area (Å²) in [5.41, 5.74) is 1.40. The molecule has 0 amide bonds. The summed E-state index contributed by atoms with van der Waals surface area (Å²) in [6, 6.07) is 0. The van der Waals surface area contributed by atoms with Gasteiger partial charge in [0.25, 0.3) is 0 Å². The Morgan fingerprint density at radius 1 is 1.30 bits per heavy atom. The minimum atomic E-state index is 0. The van der Waals surface area contributed by atoms with Crippen LogP contribution in [-0.2, 0) is 6.42 Å². The van der Waals surface area contributed by atoms with Crippen molar-refractivity contribution in [3.8, 4) is 0 Å². The lowest BCUT2D eigenvalue weighted by Crippen LogP contribution is -2.45. The third-order valence-electron chi connectivity index (χ3n) is 3.63. The zero-order valence-corrected chi connectivity index (χ0v) is 14.2. The van der Waals surface area contributed by atoms with Crippen LogP contribution in [0.5, 0.6) is 0 Å². The van der Waals surface area contributed by atoms with Gasteiger partial charge in [-0.1, -0.05) is 13.3 Å². The van der Waals surface area contributed by atoms with Crippen LogP contribution >= 0.6 is 24.8 Å². The van der Waals surface area contributed by atoms with E-state index in [2.05, 4.69) is 34.4 Å². The highest BCUT2D eigenvalue weighted by molar-refractivity contribution is 5.85. The molecule has 1 aromatic rings. The zero-order valence-electron chi connectivity index (χ0n) is 12.5. The van der Waals surface area contributed by atoms with Gasteiger partial charge in [-0.3, -0.25) is 0 Å². The number of halogens is 2. The van der Waals surface area contributed by atoms with E-state index in [1.165, 1.54) is 5.56 Å². The van der Waals surface area contributed by atoms with Crippen LogP contribution in [0.25, 0.3) is 0 Å². The molecule has 116 valence electrons. The van der Waals surface area contributed by atoms with E-state index in [0.29, 0.717) is 0 Å². The van der Waals surface area contributed by atoms with Gasteiger partial charge in [0.05, 0.1) is 0 Å². The summed E-state index contributed by atoms with van der Waals surface area (Å²) in [5, 5.41) is 7.06. The second-order valence-electron chi connectivity index (χ2n) is 5.48. The quantitative estimate of drug-likeness (QED) is 0.894. The maximum Gasteiger partial charge on any atom is 0.133 e. The van der Waals surface area contributed by atoms with E-state index < -0.39 is 0 Å². The van der Waals surface area contributed by atoms with Gasteiger partial charge in [0.15, 0.2) is 0 Å². The van der Waals surface area contributed by atoms with E-state index in [4.69, 9.17) is 0 Å². The second-order valence-corrected chi connectivity index (χ2v) is 5.48. The van der Waals surface area contributed by atoms with Gasteiger partial charge < -0.3 is 10.6 Å². The molecule has 0 bridgehead atoms. The first-order valence-corrected chi connectivity index (χ1v) is 6.94. The predicted molar refractivity (Wildman–Crippen MR) is 89.4 cm³/mol. The van der Waals surface area contributed by atoms with Crippen molar-refractivity contribution < 1.29 is 0 Å². The maximum absolute atomic E-state index is 4.59. The van der Waals surface area contributed by atoms with Gasteiger partial charge >= 0.3 is 0 Å². The van der Waals surface area contributed by atoms with E-state index in [-0.39, 0.29) is 30.4 Å². The number of anilines is 1. The zero-order chi connectivity index (χ0) is 13.0. The number of aromatic nitrogens is 2. The molecule has 0 aromatic carbocycles. The Labute approximate surface area is 134 Å². The Balaban J connectivity index is 0.00000180. The average Bonchev–Trinajstić information content (AvgIpc) is 2.33. The normalized spacial score (nSPS) is 16.8. The number of piperidine rings is 1. The molecule has 2 heterocycles. The number of aryl methyl sites for hydroxylation is 2. The minimum Gasteiger partial charge on any atom is -0.364 e. The molecule has 2 rings (SSSR count). The lowest BCUT2D eigenvalue weighted by molar-refractivity contribution is 0.364. The van der Waals surface area contributed by atoms with Crippen LogP contribution in [0.1, 0.15) is 44.5 Å². The van der Waals surface area contributed by atoms with E-state index in [9.17, 15) is 0 Å². The molecule has 0 aliphatic carbocycles. The number of hydrogen-bond donors (Lipinski definition) is 2. The molecule has 0 saturated carbocycles. The van der Waals surface area contributed by atoms with Crippen LogP contribution in [0.3, 0.4) is 0 Å². The average molecular weight is 321 g/mol. The van der Waals surface area contributed by atoms with Crippen LogP contribution in [0.2, 0.25) is 0 Å². The van der Waals surface area contributed by atoms with Crippen molar-refractivity contribution in [1.29, 1.82) is 0 Å². The topological polar surface area (TPSA) is 49.8 Å². The molecule has 0 radical (unpaired) electrons. The first kappa shape index (κ1) is 19.4. The molecule has 1 aliphatic rings. The fourth-order valence-electron chi connectivity index (χ4n) is 2.44. The van der Waals surface area contributed by atoms with Gasteiger partial charge in [-0.25, -0.2) is 9.97 Å². The third-order valence-corrected chi connectivity index (χ3v) is 3.63. The highest BCUT2D eigenvalue weighted by Gasteiger charge is 2.27. The van der Waals surface area contributed by atoms with E-state index in [1.807, 2.05) is 13.1 Å². The molecule has 1 fully saturated rings. The molecule has 2 N–H and O–H groups in total. The Kier molecular flexibility index (Phi) is 8.40. The fourth-order valence-corrected chi connectivity index (χ4v) is 2.44. The molecular weight excluding hydrogens is 295 g/mol. The van der Waals surface area contributed by atoms with Crippen LogP contribution in [0.15, 0.2) is 6.20 Å². The summed E-state index contributed by atoms with van der Waals surface area (Å²) >= 11 is 0. The maximum atomic E-state index is 4.59. The monoisotopic (exact) mass is 320 g/mol. The van der Waals surface area contributed by atoms with Crippen molar-refractivity contribution in [1.82, 2.24) is 15.3 Å². The summed E-state index contributed by atoms with van der Waals surface area (Å²) in [4.78, 5) is 8.90. The van der Waals surface area contributed by atoms with Gasteiger partial charge in [0.1, 0.15) is 11.6 Å². The van der Waals surface area contributed by atoms with Crippen molar-refractivity contribution in [3.05, 3.63) is 17.6 Å². The molecule has 4 nitrogen and oxygen atoms in total. The Morgan fingerprint density at radius 3 is 2.55 bits per heavy atom. The minimum absolute atomic E-state index is 0. The SMILES string of the molecule is CCCc1cnc(C)nc1NC1(C)CCNCC1.Cl.Cl. The third kappa shape index (κ3) is 5.08. The summed E-state index contributed by atoms with van der Waals surface area (Å²) in [6.45, 7) is 8.59. The van der Waals surface area contributed by atoms with Gasteiger partial charge in [0.2, 0.25) is 0 Å². The van der Waals surface area contributed by atoms with Crippen molar-refractivity contribution in [2.24, 2.45) is 0 Å². The molecule has 0 unspecified atom stereocenters. The van der Waals surface area contributed by atoms with Crippen molar-refractivity contribution in [3.63, 3.8) is 0 Å². The van der Waals surface area contributed by atoms with Gasteiger partial charge in [-0.05, 0) is 46.2 Å². The molecule has 1 saturated heterocycles. The Morgan fingerprint density at radius 2 is 1.95 bits per heavy atom. The summed E-state index contributed by atoms with van der Waals surface area (Å²) < 4.78 is 0. The molecule has 1 aliphatic heterocycles. The van der Waals surface area contributed by atoms with Crippen LogP contribution in [-0.4, -0.2) is 28.6 Å². The summed E-state index contributed by atoms with van der Waals surface area (Å²) in [6.07, 6.45) is 6.41.